The molecule has 0 amide bonds. The molecule has 2 heterocycles. The van der Waals surface area contributed by atoms with Crippen LogP contribution in [-0.4, -0.2) is 22.7 Å². The second kappa shape index (κ2) is 6.22. The van der Waals surface area contributed by atoms with Gasteiger partial charge in [0.2, 0.25) is 0 Å². The van der Waals surface area contributed by atoms with Crippen LogP contribution in [0.5, 0.6) is 5.75 Å². The summed E-state index contributed by atoms with van der Waals surface area (Å²) in [6.07, 6.45) is 3.38. The molecule has 5 nitrogen and oxygen atoms in total. The van der Waals surface area contributed by atoms with Crippen LogP contribution >= 0.6 is 0 Å². The molecule has 22 heavy (non-hydrogen) atoms. The van der Waals surface area contributed by atoms with Crippen LogP contribution in [0, 0.1) is 13.8 Å². The number of ether oxygens (including phenoxy) is 1. The van der Waals surface area contributed by atoms with E-state index in [4.69, 9.17) is 4.74 Å². The maximum absolute atomic E-state index is 12.4. The number of benzene rings is 1. The topological polar surface area (TPSA) is 56.2 Å². The molecule has 0 spiro atoms. The largest absolute Gasteiger partial charge is 0.491 e. The number of fused-ring (bicyclic) bond motifs is 1. The first-order chi connectivity index (χ1) is 10.7. The molecule has 5 heteroatoms. The summed E-state index contributed by atoms with van der Waals surface area (Å²) in [5, 5.41) is 3.17. The number of rotatable bonds is 4. The average Bonchev–Trinajstić information content (AvgIpc) is 2.52. The van der Waals surface area contributed by atoms with Gasteiger partial charge in [0.1, 0.15) is 18.2 Å². The van der Waals surface area contributed by atoms with Crippen molar-refractivity contribution in [2.24, 2.45) is 0 Å². The molecular formula is C17H21N3O2. The van der Waals surface area contributed by atoms with Gasteiger partial charge in [-0.15, -0.1) is 0 Å². The van der Waals surface area contributed by atoms with Gasteiger partial charge in [0.25, 0.3) is 5.56 Å². The van der Waals surface area contributed by atoms with Crippen LogP contribution < -0.4 is 15.6 Å². The highest BCUT2D eigenvalue weighted by atomic mass is 16.5. The number of anilines is 1. The fourth-order valence-electron chi connectivity index (χ4n) is 2.81. The summed E-state index contributed by atoms with van der Waals surface area (Å²) in [5.74, 6) is 1.64. The quantitative estimate of drug-likeness (QED) is 0.941. The number of nitrogens with zero attached hydrogens (tertiary/aromatic N) is 2. The number of hydrogen-bond donors (Lipinski definition) is 1. The third kappa shape index (κ3) is 2.84. The Morgan fingerprint density at radius 3 is 2.86 bits per heavy atom. The number of aromatic nitrogens is 2. The standard InChI is InChI=1S/C17H21N3O2/c1-12-5-3-6-13(2)15(12)22-10-9-20-11-19-16-14(17(20)21)7-4-8-18-16/h3,5-6,11,18H,4,7-10H2,1-2H3. The summed E-state index contributed by atoms with van der Waals surface area (Å²) in [7, 11) is 0. The van der Waals surface area contributed by atoms with Crippen LogP contribution in [0.1, 0.15) is 23.1 Å². The second-order valence-corrected chi connectivity index (χ2v) is 5.67. The second-order valence-electron chi connectivity index (χ2n) is 5.67. The van der Waals surface area contributed by atoms with Crippen molar-refractivity contribution >= 4 is 5.82 Å². The molecule has 0 unspecified atom stereocenters. The van der Waals surface area contributed by atoms with Crippen molar-refractivity contribution in [2.75, 3.05) is 18.5 Å². The van der Waals surface area contributed by atoms with Crippen molar-refractivity contribution in [3.63, 3.8) is 0 Å². The molecule has 1 aromatic carbocycles. The molecule has 3 rings (SSSR count). The number of aryl methyl sites for hydroxylation is 2. The van der Waals surface area contributed by atoms with Gasteiger partial charge in [0, 0.05) is 6.54 Å². The maximum atomic E-state index is 12.4. The van der Waals surface area contributed by atoms with Gasteiger partial charge >= 0.3 is 0 Å². The van der Waals surface area contributed by atoms with Gasteiger partial charge in [-0.2, -0.15) is 0 Å². The van der Waals surface area contributed by atoms with Crippen molar-refractivity contribution in [1.29, 1.82) is 0 Å². The van der Waals surface area contributed by atoms with Gasteiger partial charge < -0.3 is 10.1 Å². The first-order valence-corrected chi connectivity index (χ1v) is 7.68. The molecule has 1 aromatic heterocycles. The van der Waals surface area contributed by atoms with Crippen molar-refractivity contribution in [3.05, 3.63) is 51.6 Å². The Labute approximate surface area is 130 Å². The lowest BCUT2D eigenvalue weighted by Crippen LogP contribution is -2.30. The summed E-state index contributed by atoms with van der Waals surface area (Å²) in [5.41, 5.74) is 3.06. The Hall–Kier alpha value is -2.30. The minimum atomic E-state index is 0.0438. The highest BCUT2D eigenvalue weighted by Crippen LogP contribution is 2.22. The third-order valence-electron chi connectivity index (χ3n) is 4.01. The van der Waals surface area contributed by atoms with Gasteiger partial charge in [0.05, 0.1) is 18.4 Å². The van der Waals surface area contributed by atoms with Gasteiger partial charge in [-0.1, -0.05) is 18.2 Å². The molecule has 0 radical (unpaired) electrons. The van der Waals surface area contributed by atoms with Crippen LogP contribution in [-0.2, 0) is 13.0 Å². The monoisotopic (exact) mass is 299 g/mol. The van der Waals surface area contributed by atoms with E-state index in [2.05, 4.69) is 10.3 Å². The lowest BCUT2D eigenvalue weighted by Gasteiger charge is -2.18. The fraction of sp³-hybridized carbons (Fsp3) is 0.412. The summed E-state index contributed by atoms with van der Waals surface area (Å²) < 4.78 is 7.51. The lowest BCUT2D eigenvalue weighted by atomic mass is 10.1. The van der Waals surface area contributed by atoms with E-state index in [1.165, 1.54) is 0 Å². The average molecular weight is 299 g/mol. The Morgan fingerprint density at radius 2 is 2.09 bits per heavy atom. The zero-order valence-corrected chi connectivity index (χ0v) is 13.1. The molecule has 1 aliphatic heterocycles. The van der Waals surface area contributed by atoms with Crippen molar-refractivity contribution in [3.8, 4) is 5.75 Å². The molecule has 1 N–H and O–H groups in total. The maximum Gasteiger partial charge on any atom is 0.258 e. The highest BCUT2D eigenvalue weighted by Gasteiger charge is 2.15. The Morgan fingerprint density at radius 1 is 1.32 bits per heavy atom. The van der Waals surface area contributed by atoms with E-state index in [0.29, 0.717) is 13.2 Å². The first kappa shape index (κ1) is 14.6. The van der Waals surface area contributed by atoms with E-state index in [9.17, 15) is 4.79 Å². The molecule has 0 bridgehead atoms. The smallest absolute Gasteiger partial charge is 0.258 e. The minimum absolute atomic E-state index is 0.0438. The Balaban J connectivity index is 1.71. The summed E-state index contributed by atoms with van der Waals surface area (Å²) in [4.78, 5) is 16.8. The fourth-order valence-corrected chi connectivity index (χ4v) is 2.81. The zero-order chi connectivity index (χ0) is 15.5. The summed E-state index contributed by atoms with van der Waals surface area (Å²) in [6.45, 7) is 5.91. The third-order valence-corrected chi connectivity index (χ3v) is 4.01. The van der Waals surface area contributed by atoms with E-state index in [-0.39, 0.29) is 5.56 Å². The zero-order valence-electron chi connectivity index (χ0n) is 13.1. The molecule has 2 aromatic rings. The lowest BCUT2D eigenvalue weighted by molar-refractivity contribution is 0.291. The van der Waals surface area contributed by atoms with Crippen molar-refractivity contribution in [2.45, 2.75) is 33.2 Å². The molecule has 0 atom stereocenters. The predicted molar refractivity (Wildman–Crippen MR) is 86.7 cm³/mol. The van der Waals surface area contributed by atoms with E-state index < -0.39 is 0 Å². The molecule has 0 saturated heterocycles. The van der Waals surface area contributed by atoms with Crippen molar-refractivity contribution in [1.82, 2.24) is 9.55 Å². The first-order valence-electron chi connectivity index (χ1n) is 7.68. The molecule has 0 fully saturated rings. The van der Waals surface area contributed by atoms with Crippen LogP contribution in [0.15, 0.2) is 29.3 Å². The number of para-hydroxylation sites is 1. The van der Waals surface area contributed by atoms with E-state index in [1.807, 2.05) is 32.0 Å². The SMILES string of the molecule is Cc1cccc(C)c1OCCn1cnc2c(c1=O)CCCN2. The van der Waals surface area contributed by atoms with Gasteiger partial charge in [-0.05, 0) is 37.8 Å². The molecule has 0 aliphatic carbocycles. The Kier molecular flexibility index (Phi) is 4.13. The molecular weight excluding hydrogens is 278 g/mol. The Bertz CT molecular complexity index is 717. The van der Waals surface area contributed by atoms with E-state index in [0.717, 1.165) is 47.6 Å². The normalized spacial score (nSPS) is 13.4. The van der Waals surface area contributed by atoms with Crippen LogP contribution in [0.4, 0.5) is 5.82 Å². The summed E-state index contributed by atoms with van der Waals surface area (Å²) >= 11 is 0. The molecule has 0 saturated carbocycles. The van der Waals surface area contributed by atoms with Crippen molar-refractivity contribution < 1.29 is 4.74 Å². The van der Waals surface area contributed by atoms with Crippen LogP contribution in [0.25, 0.3) is 0 Å². The molecule has 1 aliphatic rings. The minimum Gasteiger partial charge on any atom is -0.491 e. The number of hydrogen-bond acceptors (Lipinski definition) is 4. The van der Waals surface area contributed by atoms with E-state index in [1.54, 1.807) is 10.9 Å². The van der Waals surface area contributed by atoms with Crippen LogP contribution in [0.2, 0.25) is 0 Å². The van der Waals surface area contributed by atoms with Gasteiger partial charge in [-0.3, -0.25) is 9.36 Å². The van der Waals surface area contributed by atoms with Crippen LogP contribution in [0.3, 0.4) is 0 Å². The van der Waals surface area contributed by atoms with Gasteiger partial charge in [0.15, 0.2) is 0 Å². The highest BCUT2D eigenvalue weighted by molar-refractivity contribution is 5.44. The van der Waals surface area contributed by atoms with E-state index >= 15 is 0 Å². The number of nitrogens with one attached hydrogen (secondary N) is 1. The predicted octanol–water partition coefficient (Wildman–Crippen LogP) is 2.30. The summed E-state index contributed by atoms with van der Waals surface area (Å²) in [6, 6.07) is 6.07. The van der Waals surface area contributed by atoms with Gasteiger partial charge in [-0.25, -0.2) is 4.98 Å². The molecule has 116 valence electrons.